The molecule has 0 saturated carbocycles. The van der Waals surface area contributed by atoms with Gasteiger partial charge >= 0.3 is 0 Å². The smallest absolute Gasteiger partial charge is 0.0109 e. The molecular formula is C17H37N3. The van der Waals surface area contributed by atoms with Crippen LogP contribution in [0, 0.1) is 5.41 Å². The molecule has 1 atom stereocenters. The van der Waals surface area contributed by atoms with E-state index in [1.54, 1.807) is 0 Å². The number of rotatable bonds is 10. The molecule has 0 radical (unpaired) electrons. The van der Waals surface area contributed by atoms with Gasteiger partial charge in [-0.1, -0.05) is 34.1 Å². The molecule has 0 aromatic heterocycles. The lowest BCUT2D eigenvalue weighted by molar-refractivity contribution is 0.157. The lowest BCUT2D eigenvalue weighted by atomic mass is 9.84. The summed E-state index contributed by atoms with van der Waals surface area (Å²) in [5.41, 5.74) is 0.402. The summed E-state index contributed by atoms with van der Waals surface area (Å²) in [6, 6.07) is 0.584. The van der Waals surface area contributed by atoms with E-state index in [0.717, 1.165) is 6.54 Å². The Morgan fingerprint density at radius 1 is 1.25 bits per heavy atom. The third-order valence-electron chi connectivity index (χ3n) is 4.44. The maximum atomic E-state index is 3.64. The van der Waals surface area contributed by atoms with E-state index >= 15 is 0 Å². The van der Waals surface area contributed by atoms with Crippen LogP contribution in [-0.2, 0) is 0 Å². The van der Waals surface area contributed by atoms with Crippen LogP contribution >= 0.6 is 0 Å². The molecule has 0 spiro atoms. The summed E-state index contributed by atoms with van der Waals surface area (Å²) in [5, 5.41) is 3.64. The summed E-state index contributed by atoms with van der Waals surface area (Å²) in [4.78, 5) is 5.15. The highest BCUT2D eigenvalue weighted by Gasteiger charge is 2.25. The van der Waals surface area contributed by atoms with Crippen molar-refractivity contribution in [3.05, 3.63) is 0 Å². The Morgan fingerprint density at radius 2 is 1.90 bits per heavy atom. The highest BCUT2D eigenvalue weighted by molar-refractivity contribution is 4.81. The van der Waals surface area contributed by atoms with Crippen molar-refractivity contribution in [3.63, 3.8) is 0 Å². The minimum absolute atomic E-state index is 0.402. The van der Waals surface area contributed by atoms with Crippen molar-refractivity contribution in [2.24, 2.45) is 5.41 Å². The van der Waals surface area contributed by atoms with Crippen LogP contribution < -0.4 is 5.32 Å². The maximum absolute atomic E-state index is 3.64. The first-order chi connectivity index (χ1) is 9.45. The summed E-state index contributed by atoms with van der Waals surface area (Å²) in [6.45, 7) is 16.6. The first-order valence-corrected chi connectivity index (χ1v) is 8.59. The molecule has 1 saturated heterocycles. The van der Waals surface area contributed by atoms with E-state index in [0.29, 0.717) is 11.5 Å². The summed E-state index contributed by atoms with van der Waals surface area (Å²) < 4.78 is 0. The lowest BCUT2D eigenvalue weighted by Gasteiger charge is -2.35. The zero-order valence-corrected chi connectivity index (χ0v) is 14.5. The molecule has 1 aliphatic rings. The Balaban J connectivity index is 2.33. The quantitative estimate of drug-likeness (QED) is 0.665. The van der Waals surface area contributed by atoms with E-state index in [9.17, 15) is 0 Å². The molecule has 0 bridgehead atoms. The molecule has 1 aliphatic heterocycles. The first-order valence-electron chi connectivity index (χ1n) is 8.59. The molecule has 0 amide bonds. The number of nitrogens with zero attached hydrogens (tertiary/aromatic N) is 2. The van der Waals surface area contributed by atoms with Crippen LogP contribution in [0.15, 0.2) is 0 Å². The van der Waals surface area contributed by atoms with Crippen molar-refractivity contribution in [1.82, 2.24) is 15.1 Å². The predicted molar refractivity (Wildman–Crippen MR) is 89.3 cm³/mol. The molecule has 0 aromatic rings. The zero-order chi connectivity index (χ0) is 15.0. The van der Waals surface area contributed by atoms with Crippen molar-refractivity contribution in [1.29, 1.82) is 0 Å². The molecule has 0 aliphatic carbocycles. The van der Waals surface area contributed by atoms with Crippen LogP contribution in [0.25, 0.3) is 0 Å². The fraction of sp³-hybridized carbons (Fsp3) is 1.00. The van der Waals surface area contributed by atoms with Crippen LogP contribution in [0.1, 0.15) is 53.4 Å². The van der Waals surface area contributed by atoms with Gasteiger partial charge in [-0.05, 0) is 44.8 Å². The van der Waals surface area contributed by atoms with E-state index in [2.05, 4.69) is 49.9 Å². The maximum Gasteiger partial charge on any atom is 0.0109 e. The molecule has 120 valence electrons. The van der Waals surface area contributed by atoms with Gasteiger partial charge in [-0.3, -0.25) is 0 Å². The Hall–Kier alpha value is -0.120. The molecule has 1 rings (SSSR count). The summed E-state index contributed by atoms with van der Waals surface area (Å²) in [6.07, 6.45) is 5.38. The van der Waals surface area contributed by atoms with Gasteiger partial charge in [-0.25, -0.2) is 0 Å². The standard InChI is InChI=1S/C17H37N3/c1-6-9-17(4,14-18-16(2)3)15-19(5)12-13-20-10-7-8-11-20/h16,18H,6-15H2,1-5H3. The van der Waals surface area contributed by atoms with Gasteiger partial charge in [0.05, 0.1) is 0 Å². The van der Waals surface area contributed by atoms with Crippen LogP contribution in [-0.4, -0.2) is 62.2 Å². The molecule has 1 unspecified atom stereocenters. The van der Waals surface area contributed by atoms with Gasteiger partial charge in [-0.15, -0.1) is 0 Å². The van der Waals surface area contributed by atoms with Crippen LogP contribution in [0.5, 0.6) is 0 Å². The van der Waals surface area contributed by atoms with Gasteiger partial charge in [0.25, 0.3) is 0 Å². The molecule has 1 fully saturated rings. The van der Waals surface area contributed by atoms with Crippen molar-refractivity contribution in [2.45, 2.75) is 59.4 Å². The first kappa shape index (κ1) is 17.9. The molecule has 3 heteroatoms. The van der Waals surface area contributed by atoms with Crippen molar-refractivity contribution >= 4 is 0 Å². The van der Waals surface area contributed by atoms with Crippen LogP contribution in [0.4, 0.5) is 0 Å². The largest absolute Gasteiger partial charge is 0.314 e. The number of likely N-dealkylation sites (tertiary alicyclic amines) is 1. The van der Waals surface area contributed by atoms with E-state index in [1.807, 2.05) is 0 Å². The average Bonchev–Trinajstić information content (AvgIpc) is 2.87. The summed E-state index contributed by atoms with van der Waals surface area (Å²) in [7, 11) is 2.29. The van der Waals surface area contributed by atoms with Gasteiger partial charge in [-0.2, -0.15) is 0 Å². The fourth-order valence-corrected chi connectivity index (χ4v) is 3.33. The van der Waals surface area contributed by atoms with E-state index in [1.165, 1.54) is 58.4 Å². The highest BCUT2D eigenvalue weighted by Crippen LogP contribution is 2.23. The van der Waals surface area contributed by atoms with Gasteiger partial charge in [0, 0.05) is 32.2 Å². The summed E-state index contributed by atoms with van der Waals surface area (Å²) in [5.74, 6) is 0. The third kappa shape index (κ3) is 7.05. The third-order valence-corrected chi connectivity index (χ3v) is 4.44. The van der Waals surface area contributed by atoms with Gasteiger partial charge < -0.3 is 15.1 Å². The normalized spacial score (nSPS) is 19.9. The average molecular weight is 284 g/mol. The Bertz CT molecular complexity index is 249. The van der Waals surface area contributed by atoms with Gasteiger partial charge in [0.15, 0.2) is 0 Å². The molecule has 20 heavy (non-hydrogen) atoms. The SMILES string of the molecule is CCCC(C)(CNC(C)C)CN(C)CCN1CCCC1. The highest BCUT2D eigenvalue weighted by atomic mass is 15.2. The van der Waals surface area contributed by atoms with E-state index in [-0.39, 0.29) is 0 Å². The number of nitrogens with one attached hydrogen (secondary N) is 1. The van der Waals surface area contributed by atoms with Crippen molar-refractivity contribution < 1.29 is 0 Å². The monoisotopic (exact) mass is 283 g/mol. The van der Waals surface area contributed by atoms with Crippen molar-refractivity contribution in [3.8, 4) is 0 Å². The van der Waals surface area contributed by atoms with Gasteiger partial charge in [0.1, 0.15) is 0 Å². The lowest BCUT2D eigenvalue weighted by Crippen LogP contribution is -2.44. The molecule has 1 N–H and O–H groups in total. The van der Waals surface area contributed by atoms with Crippen LogP contribution in [0.3, 0.4) is 0 Å². The van der Waals surface area contributed by atoms with Gasteiger partial charge in [0.2, 0.25) is 0 Å². The number of hydrogen-bond donors (Lipinski definition) is 1. The molecular weight excluding hydrogens is 246 g/mol. The second-order valence-corrected chi connectivity index (χ2v) is 7.38. The Kier molecular flexibility index (Phi) is 8.08. The zero-order valence-electron chi connectivity index (χ0n) is 14.5. The molecule has 1 heterocycles. The fourth-order valence-electron chi connectivity index (χ4n) is 3.33. The second-order valence-electron chi connectivity index (χ2n) is 7.38. The predicted octanol–water partition coefficient (Wildman–Crippen LogP) is 2.82. The topological polar surface area (TPSA) is 18.5 Å². The minimum Gasteiger partial charge on any atom is -0.314 e. The van der Waals surface area contributed by atoms with Crippen molar-refractivity contribution in [2.75, 3.05) is 46.3 Å². The second kappa shape index (κ2) is 9.01. The minimum atomic E-state index is 0.402. The van der Waals surface area contributed by atoms with E-state index in [4.69, 9.17) is 0 Å². The van der Waals surface area contributed by atoms with E-state index < -0.39 is 0 Å². The molecule has 0 aromatic carbocycles. The number of hydrogen-bond acceptors (Lipinski definition) is 3. The Morgan fingerprint density at radius 3 is 2.45 bits per heavy atom. The number of likely N-dealkylation sites (N-methyl/N-ethyl adjacent to an activating group) is 1. The summed E-state index contributed by atoms with van der Waals surface area (Å²) >= 11 is 0. The van der Waals surface area contributed by atoms with Crippen LogP contribution in [0.2, 0.25) is 0 Å². The molecule has 3 nitrogen and oxygen atoms in total. The Labute approximate surface area is 127 Å².